The molecular formula is C11H18N6O3. The van der Waals surface area contributed by atoms with Gasteiger partial charge in [-0.1, -0.05) is 18.6 Å². The lowest BCUT2D eigenvalue weighted by Crippen LogP contribution is -2.65. The van der Waals surface area contributed by atoms with Gasteiger partial charge in [-0.05, 0) is 6.42 Å². The number of rotatable bonds is 4. The highest BCUT2D eigenvalue weighted by atomic mass is 16.4. The van der Waals surface area contributed by atoms with Crippen LogP contribution in [0.2, 0.25) is 0 Å². The van der Waals surface area contributed by atoms with Gasteiger partial charge in [-0.15, -0.1) is 5.10 Å². The van der Waals surface area contributed by atoms with Crippen LogP contribution in [0.5, 0.6) is 0 Å². The highest BCUT2D eigenvalue weighted by Crippen LogP contribution is 2.14. The van der Waals surface area contributed by atoms with E-state index in [4.69, 9.17) is 0 Å². The lowest BCUT2D eigenvalue weighted by molar-refractivity contribution is 0.0690. The number of amides is 2. The Morgan fingerprint density at radius 2 is 2.40 bits per heavy atom. The summed E-state index contributed by atoms with van der Waals surface area (Å²) in [6.45, 7) is 2.89. The molecular weight excluding hydrogens is 264 g/mol. The van der Waals surface area contributed by atoms with Gasteiger partial charge in [0.15, 0.2) is 5.69 Å². The minimum absolute atomic E-state index is 0.175. The van der Waals surface area contributed by atoms with Crippen molar-refractivity contribution in [3.63, 3.8) is 0 Å². The number of aromatic nitrogens is 3. The minimum atomic E-state index is -0.967. The number of carbonyl (C=O) groups excluding carboxylic acids is 1. The molecule has 9 nitrogen and oxygen atoms in total. The largest absolute Gasteiger partial charge is 0.465 e. The predicted molar refractivity (Wildman–Crippen MR) is 69.1 cm³/mol. The average Bonchev–Trinajstić information content (AvgIpc) is 2.94. The first-order valence-corrected chi connectivity index (χ1v) is 6.53. The highest BCUT2D eigenvalue weighted by Gasteiger charge is 2.34. The van der Waals surface area contributed by atoms with Gasteiger partial charge in [0.05, 0.1) is 12.2 Å². The van der Waals surface area contributed by atoms with Gasteiger partial charge < -0.3 is 15.3 Å². The fourth-order valence-electron chi connectivity index (χ4n) is 2.35. The molecule has 0 spiro atoms. The molecule has 0 radical (unpaired) electrons. The Hall–Kier alpha value is -2.16. The van der Waals surface area contributed by atoms with Crippen molar-refractivity contribution in [3.05, 3.63) is 11.9 Å². The van der Waals surface area contributed by atoms with E-state index < -0.39 is 12.3 Å². The first kappa shape index (κ1) is 14.3. The maximum Gasteiger partial charge on any atom is 0.407 e. The summed E-state index contributed by atoms with van der Waals surface area (Å²) in [4.78, 5) is 24.6. The number of H-pyrrole nitrogens is 1. The van der Waals surface area contributed by atoms with E-state index in [1.54, 1.807) is 0 Å². The van der Waals surface area contributed by atoms with Crippen LogP contribution in [0.15, 0.2) is 6.20 Å². The molecule has 110 valence electrons. The third-order valence-electron chi connectivity index (χ3n) is 3.27. The molecule has 1 aromatic heterocycles. The molecule has 9 heteroatoms. The van der Waals surface area contributed by atoms with E-state index in [2.05, 4.69) is 26.0 Å². The number of nitrogens with zero attached hydrogens (tertiary/aromatic N) is 3. The Kier molecular flexibility index (Phi) is 4.51. The number of carbonyl (C=O) groups is 2. The van der Waals surface area contributed by atoms with Crippen LogP contribution in [0.3, 0.4) is 0 Å². The van der Waals surface area contributed by atoms with Crippen molar-refractivity contribution in [2.45, 2.75) is 32.0 Å². The van der Waals surface area contributed by atoms with Crippen LogP contribution in [0, 0.1) is 0 Å². The van der Waals surface area contributed by atoms with Crippen LogP contribution in [0.4, 0.5) is 4.79 Å². The van der Waals surface area contributed by atoms with Gasteiger partial charge in [0.25, 0.3) is 5.91 Å². The van der Waals surface area contributed by atoms with Crippen molar-refractivity contribution in [1.29, 1.82) is 0 Å². The van der Waals surface area contributed by atoms with E-state index in [9.17, 15) is 14.7 Å². The summed E-state index contributed by atoms with van der Waals surface area (Å²) >= 11 is 0. The summed E-state index contributed by atoms with van der Waals surface area (Å²) in [6.07, 6.45) is 1.49. The summed E-state index contributed by atoms with van der Waals surface area (Å²) < 4.78 is 0. The Balaban J connectivity index is 2.07. The molecule has 0 bridgehead atoms. The van der Waals surface area contributed by atoms with Gasteiger partial charge in [-0.2, -0.15) is 0 Å². The van der Waals surface area contributed by atoms with Crippen LogP contribution in [0.25, 0.3) is 0 Å². The Bertz CT molecular complexity index is 463. The zero-order valence-electron chi connectivity index (χ0n) is 11.2. The van der Waals surface area contributed by atoms with Gasteiger partial charge in [-0.3, -0.25) is 15.2 Å². The second kappa shape index (κ2) is 6.33. The number of hydrogen-bond acceptors (Lipinski definition) is 5. The number of piperazine rings is 1. The Morgan fingerprint density at radius 3 is 3.00 bits per heavy atom. The smallest absolute Gasteiger partial charge is 0.407 e. The monoisotopic (exact) mass is 282 g/mol. The van der Waals surface area contributed by atoms with E-state index in [-0.39, 0.29) is 17.6 Å². The average molecular weight is 282 g/mol. The molecule has 1 saturated heterocycles. The quantitative estimate of drug-likeness (QED) is 0.596. The van der Waals surface area contributed by atoms with Crippen LogP contribution >= 0.6 is 0 Å². The SMILES string of the molecule is CCCC1C(NC(=O)c2c[nH]nn2)NCCN1C(=O)O. The molecule has 4 N–H and O–H groups in total. The van der Waals surface area contributed by atoms with Crippen molar-refractivity contribution in [2.24, 2.45) is 0 Å². The van der Waals surface area contributed by atoms with E-state index in [1.165, 1.54) is 11.1 Å². The fraction of sp³-hybridized carbons (Fsp3) is 0.636. The third-order valence-corrected chi connectivity index (χ3v) is 3.27. The van der Waals surface area contributed by atoms with E-state index in [0.29, 0.717) is 19.5 Å². The number of carboxylic acid groups (broad SMARTS) is 1. The number of hydrogen-bond donors (Lipinski definition) is 4. The minimum Gasteiger partial charge on any atom is -0.465 e. The predicted octanol–water partition coefficient (Wildman–Crippen LogP) is -0.387. The van der Waals surface area contributed by atoms with E-state index >= 15 is 0 Å². The van der Waals surface area contributed by atoms with Crippen LogP contribution in [-0.2, 0) is 0 Å². The summed E-state index contributed by atoms with van der Waals surface area (Å²) in [7, 11) is 0. The van der Waals surface area contributed by atoms with Crippen molar-refractivity contribution in [3.8, 4) is 0 Å². The first-order valence-electron chi connectivity index (χ1n) is 6.53. The van der Waals surface area contributed by atoms with Gasteiger partial charge in [0.1, 0.15) is 6.17 Å². The molecule has 2 amide bonds. The molecule has 1 aromatic rings. The van der Waals surface area contributed by atoms with Crippen molar-refractivity contribution in [2.75, 3.05) is 13.1 Å². The summed E-state index contributed by atoms with van der Waals surface area (Å²) in [5.41, 5.74) is 0.175. The van der Waals surface area contributed by atoms with Gasteiger partial charge in [0.2, 0.25) is 0 Å². The maximum atomic E-state index is 12.0. The molecule has 1 aliphatic heterocycles. The zero-order chi connectivity index (χ0) is 14.5. The third kappa shape index (κ3) is 3.05. The second-order valence-corrected chi connectivity index (χ2v) is 4.60. The molecule has 2 rings (SSSR count). The standard InChI is InChI=1S/C11H18N6O3/c1-2-3-8-9(12-4-5-17(8)11(19)20)14-10(18)7-6-13-16-15-7/h6,8-9,12H,2-5H2,1H3,(H,14,18)(H,19,20)(H,13,15,16). The summed E-state index contributed by atoms with van der Waals surface area (Å²) in [6, 6.07) is -0.290. The first-order chi connectivity index (χ1) is 9.63. The normalized spacial score (nSPS) is 22.6. The lowest BCUT2D eigenvalue weighted by atomic mass is 10.0. The molecule has 1 aliphatic rings. The molecule has 2 unspecified atom stereocenters. The topological polar surface area (TPSA) is 123 Å². The Labute approximate surface area is 115 Å². The van der Waals surface area contributed by atoms with Gasteiger partial charge in [0, 0.05) is 13.1 Å². The molecule has 20 heavy (non-hydrogen) atoms. The zero-order valence-corrected chi connectivity index (χ0v) is 11.2. The Morgan fingerprint density at radius 1 is 1.60 bits per heavy atom. The molecule has 2 heterocycles. The van der Waals surface area contributed by atoms with E-state index in [1.807, 2.05) is 6.92 Å². The van der Waals surface area contributed by atoms with Crippen LogP contribution in [0.1, 0.15) is 30.3 Å². The molecule has 1 fully saturated rings. The van der Waals surface area contributed by atoms with Crippen molar-refractivity contribution in [1.82, 2.24) is 30.9 Å². The van der Waals surface area contributed by atoms with Gasteiger partial charge in [-0.25, -0.2) is 4.79 Å². The molecule has 0 saturated carbocycles. The fourth-order valence-corrected chi connectivity index (χ4v) is 2.35. The summed E-state index contributed by atoms with van der Waals surface area (Å²) in [5.74, 6) is -0.385. The van der Waals surface area contributed by atoms with Gasteiger partial charge >= 0.3 is 6.09 Å². The molecule has 0 aliphatic carbocycles. The van der Waals surface area contributed by atoms with Crippen LogP contribution < -0.4 is 10.6 Å². The lowest BCUT2D eigenvalue weighted by Gasteiger charge is -2.40. The number of nitrogens with one attached hydrogen (secondary N) is 3. The van der Waals surface area contributed by atoms with Crippen molar-refractivity contribution >= 4 is 12.0 Å². The summed E-state index contributed by atoms with van der Waals surface area (Å²) in [5, 5.41) is 24.7. The van der Waals surface area contributed by atoms with Crippen molar-refractivity contribution < 1.29 is 14.7 Å². The molecule has 2 atom stereocenters. The van der Waals surface area contributed by atoms with Crippen LogP contribution in [-0.4, -0.2) is 62.7 Å². The number of aromatic amines is 1. The van der Waals surface area contributed by atoms with E-state index in [0.717, 1.165) is 6.42 Å². The maximum absolute atomic E-state index is 12.0. The second-order valence-electron chi connectivity index (χ2n) is 4.60. The molecule has 0 aromatic carbocycles. The highest BCUT2D eigenvalue weighted by molar-refractivity contribution is 5.92.